The van der Waals surface area contributed by atoms with Gasteiger partial charge in [-0.05, 0) is 36.8 Å². The van der Waals surface area contributed by atoms with Crippen LogP contribution in [-0.2, 0) is 13.0 Å². The second-order valence-corrected chi connectivity index (χ2v) is 6.34. The minimum atomic E-state index is -0.286. The van der Waals surface area contributed by atoms with E-state index < -0.39 is 0 Å². The molecule has 0 fully saturated rings. The van der Waals surface area contributed by atoms with Gasteiger partial charge in [-0.1, -0.05) is 0 Å². The van der Waals surface area contributed by atoms with E-state index in [0.29, 0.717) is 40.2 Å². The summed E-state index contributed by atoms with van der Waals surface area (Å²) in [6.45, 7) is 0.707. The highest BCUT2D eigenvalue weighted by atomic mass is 16.5. The molecule has 0 saturated carbocycles. The molecule has 0 radical (unpaired) electrons. The largest absolute Gasteiger partial charge is 0.493 e. The molecule has 2 heterocycles. The number of nitrogens with one attached hydrogen (secondary N) is 1. The average Bonchev–Trinajstić information content (AvgIpc) is 3.16. The number of hydrogen-bond acceptors (Lipinski definition) is 5. The third-order valence-electron chi connectivity index (χ3n) is 4.72. The number of anilines is 1. The highest BCUT2D eigenvalue weighted by Gasteiger charge is 2.17. The van der Waals surface area contributed by atoms with Crippen LogP contribution in [0.1, 0.15) is 22.6 Å². The predicted octanol–water partition coefficient (Wildman–Crippen LogP) is 2.61. The van der Waals surface area contributed by atoms with E-state index in [1.807, 2.05) is 0 Å². The zero-order chi connectivity index (χ0) is 19.0. The first-order chi connectivity index (χ1) is 13.1. The van der Waals surface area contributed by atoms with E-state index >= 15 is 0 Å². The Labute approximate surface area is 155 Å². The van der Waals surface area contributed by atoms with Crippen molar-refractivity contribution in [1.82, 2.24) is 9.55 Å². The molecule has 138 valence electrons. The number of fused-ring (bicyclic) bond motifs is 2. The Morgan fingerprint density at radius 3 is 2.70 bits per heavy atom. The Kier molecular flexibility index (Phi) is 4.27. The molecule has 1 N–H and O–H groups in total. The molecular weight excluding hydrogens is 346 g/mol. The topological polar surface area (TPSA) is 82.5 Å². The Hall–Kier alpha value is -3.35. The van der Waals surface area contributed by atoms with Crippen molar-refractivity contribution in [3.63, 3.8) is 0 Å². The van der Waals surface area contributed by atoms with Gasteiger partial charge in [-0.2, -0.15) is 0 Å². The summed E-state index contributed by atoms with van der Waals surface area (Å²) < 4.78 is 12.2. The van der Waals surface area contributed by atoms with Crippen molar-refractivity contribution >= 4 is 22.5 Å². The Balaban J connectivity index is 1.65. The van der Waals surface area contributed by atoms with Crippen LogP contribution in [0.5, 0.6) is 11.5 Å². The Morgan fingerprint density at radius 2 is 1.93 bits per heavy atom. The number of carbonyl (C=O) groups excluding carboxylic acids is 1. The number of aryl methyl sites for hydroxylation is 1. The van der Waals surface area contributed by atoms with E-state index in [1.165, 1.54) is 7.11 Å². The molecule has 0 saturated heterocycles. The number of rotatable bonds is 4. The summed E-state index contributed by atoms with van der Waals surface area (Å²) in [6, 6.07) is 10.1. The van der Waals surface area contributed by atoms with Gasteiger partial charge >= 0.3 is 0 Å². The van der Waals surface area contributed by atoms with Crippen molar-refractivity contribution < 1.29 is 14.3 Å². The summed E-state index contributed by atoms with van der Waals surface area (Å²) in [5.74, 6) is 1.61. The molecule has 1 amide bonds. The van der Waals surface area contributed by atoms with E-state index in [1.54, 1.807) is 48.1 Å². The van der Waals surface area contributed by atoms with Gasteiger partial charge in [0.15, 0.2) is 11.5 Å². The molecule has 4 rings (SSSR count). The first-order valence-corrected chi connectivity index (χ1v) is 8.67. The maximum absolute atomic E-state index is 12.6. The van der Waals surface area contributed by atoms with E-state index in [0.717, 1.165) is 18.7 Å². The van der Waals surface area contributed by atoms with Crippen LogP contribution in [0.25, 0.3) is 10.9 Å². The van der Waals surface area contributed by atoms with Crippen LogP contribution in [0, 0.1) is 0 Å². The standard InChI is InChI=1S/C20H19N3O4/c1-26-16-8-6-13(11-17(16)27-2)21-19(24)12-5-7-14-15(10-12)22-18-4-3-9-23(18)20(14)25/h5-8,10-11H,3-4,9H2,1-2H3,(H,21,24). The third kappa shape index (κ3) is 3.01. The van der Waals surface area contributed by atoms with E-state index in [9.17, 15) is 9.59 Å². The van der Waals surface area contributed by atoms with E-state index in [2.05, 4.69) is 10.3 Å². The summed E-state index contributed by atoms with van der Waals surface area (Å²) in [6.07, 6.45) is 1.71. The second-order valence-electron chi connectivity index (χ2n) is 6.34. The number of benzene rings is 2. The fourth-order valence-corrected chi connectivity index (χ4v) is 3.34. The van der Waals surface area contributed by atoms with Gasteiger partial charge in [-0.15, -0.1) is 0 Å². The van der Waals surface area contributed by atoms with Gasteiger partial charge < -0.3 is 14.8 Å². The van der Waals surface area contributed by atoms with Crippen molar-refractivity contribution in [3.8, 4) is 11.5 Å². The molecule has 1 aliphatic heterocycles. The van der Waals surface area contributed by atoms with E-state index in [4.69, 9.17) is 9.47 Å². The van der Waals surface area contributed by atoms with Crippen molar-refractivity contribution in [3.05, 3.63) is 58.1 Å². The van der Waals surface area contributed by atoms with Crippen LogP contribution in [0.4, 0.5) is 5.69 Å². The summed E-state index contributed by atoms with van der Waals surface area (Å²) >= 11 is 0. The van der Waals surface area contributed by atoms with Crippen molar-refractivity contribution in [2.24, 2.45) is 0 Å². The lowest BCUT2D eigenvalue weighted by Gasteiger charge is -2.11. The lowest BCUT2D eigenvalue weighted by atomic mass is 10.1. The summed E-state index contributed by atoms with van der Waals surface area (Å²) in [4.78, 5) is 29.7. The van der Waals surface area contributed by atoms with Gasteiger partial charge in [0.05, 0.1) is 25.1 Å². The highest BCUT2D eigenvalue weighted by molar-refractivity contribution is 6.06. The molecule has 0 unspecified atom stereocenters. The lowest BCUT2D eigenvalue weighted by molar-refractivity contribution is 0.102. The number of hydrogen-bond donors (Lipinski definition) is 1. The molecule has 0 bridgehead atoms. The van der Waals surface area contributed by atoms with Crippen LogP contribution in [0.2, 0.25) is 0 Å². The van der Waals surface area contributed by atoms with Crippen LogP contribution < -0.4 is 20.3 Å². The van der Waals surface area contributed by atoms with Crippen LogP contribution in [-0.4, -0.2) is 29.7 Å². The summed E-state index contributed by atoms with van der Waals surface area (Å²) in [5.41, 5.74) is 1.53. The number of aromatic nitrogens is 2. The van der Waals surface area contributed by atoms with E-state index in [-0.39, 0.29) is 11.5 Å². The van der Waals surface area contributed by atoms with Gasteiger partial charge in [0.25, 0.3) is 11.5 Å². The molecule has 0 spiro atoms. The fraction of sp³-hybridized carbons (Fsp3) is 0.250. The zero-order valence-electron chi connectivity index (χ0n) is 15.1. The normalized spacial score (nSPS) is 12.7. The first-order valence-electron chi connectivity index (χ1n) is 8.67. The fourth-order valence-electron chi connectivity index (χ4n) is 3.34. The number of carbonyl (C=O) groups is 1. The molecule has 27 heavy (non-hydrogen) atoms. The van der Waals surface area contributed by atoms with Crippen molar-refractivity contribution in [2.45, 2.75) is 19.4 Å². The number of nitrogens with zero attached hydrogens (tertiary/aromatic N) is 2. The van der Waals surface area contributed by atoms with Crippen molar-refractivity contribution in [1.29, 1.82) is 0 Å². The molecule has 1 aromatic heterocycles. The number of ether oxygens (including phenoxy) is 2. The highest BCUT2D eigenvalue weighted by Crippen LogP contribution is 2.30. The summed E-state index contributed by atoms with van der Waals surface area (Å²) in [5, 5.41) is 3.36. The molecule has 1 aliphatic rings. The minimum Gasteiger partial charge on any atom is -0.493 e. The zero-order valence-corrected chi connectivity index (χ0v) is 15.1. The monoisotopic (exact) mass is 365 g/mol. The second kappa shape index (κ2) is 6.75. The minimum absolute atomic E-state index is 0.0423. The quantitative estimate of drug-likeness (QED) is 0.768. The average molecular weight is 365 g/mol. The molecule has 0 atom stereocenters. The van der Waals surface area contributed by atoms with Crippen LogP contribution in [0.3, 0.4) is 0 Å². The Morgan fingerprint density at radius 1 is 1.11 bits per heavy atom. The SMILES string of the molecule is COc1ccc(NC(=O)c2ccc3c(=O)n4c(nc3c2)CCC4)cc1OC. The maximum atomic E-state index is 12.6. The van der Waals surface area contributed by atoms with Crippen molar-refractivity contribution in [2.75, 3.05) is 19.5 Å². The van der Waals surface area contributed by atoms with Gasteiger partial charge in [-0.25, -0.2) is 4.98 Å². The van der Waals surface area contributed by atoms with Gasteiger partial charge in [0.2, 0.25) is 0 Å². The number of amides is 1. The molecule has 3 aromatic rings. The first kappa shape index (κ1) is 17.1. The molecule has 2 aromatic carbocycles. The molecule has 7 nitrogen and oxygen atoms in total. The smallest absolute Gasteiger partial charge is 0.261 e. The van der Waals surface area contributed by atoms with Crippen LogP contribution in [0.15, 0.2) is 41.2 Å². The maximum Gasteiger partial charge on any atom is 0.261 e. The predicted molar refractivity (Wildman–Crippen MR) is 102 cm³/mol. The van der Waals surface area contributed by atoms with Gasteiger partial charge in [0.1, 0.15) is 5.82 Å². The van der Waals surface area contributed by atoms with Crippen LogP contribution >= 0.6 is 0 Å². The Bertz CT molecular complexity index is 1100. The third-order valence-corrected chi connectivity index (χ3v) is 4.72. The molecular formula is C20H19N3O4. The summed E-state index contributed by atoms with van der Waals surface area (Å²) in [7, 11) is 3.09. The van der Waals surface area contributed by atoms with Gasteiger partial charge in [-0.3, -0.25) is 14.2 Å². The molecule has 0 aliphatic carbocycles. The molecule has 7 heteroatoms. The lowest BCUT2D eigenvalue weighted by Crippen LogP contribution is -2.21. The van der Waals surface area contributed by atoms with Gasteiger partial charge in [0, 0.05) is 30.3 Å². The number of methoxy groups -OCH3 is 2.